The van der Waals surface area contributed by atoms with Gasteiger partial charge in [0.1, 0.15) is 6.10 Å². The average molecular weight is 356 g/mol. The fourth-order valence-corrected chi connectivity index (χ4v) is 4.05. The zero-order valence-corrected chi connectivity index (χ0v) is 15.4. The average Bonchev–Trinajstić information content (AvgIpc) is 3.31. The maximum atomic E-state index is 11.9. The quantitative estimate of drug-likeness (QED) is 0.782. The van der Waals surface area contributed by atoms with Gasteiger partial charge in [-0.3, -0.25) is 9.58 Å². The summed E-state index contributed by atoms with van der Waals surface area (Å²) < 4.78 is 27.0. The summed E-state index contributed by atoms with van der Waals surface area (Å²) in [5.74, 6) is 0.568. The Morgan fingerprint density at radius 1 is 1.38 bits per heavy atom. The van der Waals surface area contributed by atoms with E-state index >= 15 is 0 Å². The maximum Gasteiger partial charge on any atom is 0.213 e. The first-order valence-corrected chi connectivity index (χ1v) is 10.3. The minimum Gasteiger partial charge on any atom is -0.386 e. The van der Waals surface area contributed by atoms with Crippen molar-refractivity contribution in [1.82, 2.24) is 19.0 Å². The molecule has 1 aromatic rings. The lowest BCUT2D eigenvalue weighted by molar-refractivity contribution is 0.148. The van der Waals surface area contributed by atoms with Crippen molar-refractivity contribution in [2.24, 2.45) is 5.92 Å². The van der Waals surface area contributed by atoms with Gasteiger partial charge in [-0.1, -0.05) is 0 Å². The molecule has 136 valence electrons. The van der Waals surface area contributed by atoms with Gasteiger partial charge in [-0.05, 0) is 44.2 Å². The van der Waals surface area contributed by atoms with Gasteiger partial charge in [0, 0.05) is 33.7 Å². The third-order valence-electron chi connectivity index (χ3n) is 4.92. The molecule has 24 heavy (non-hydrogen) atoms. The Bertz CT molecular complexity index is 667. The number of hydrogen-bond acceptors (Lipinski definition) is 5. The van der Waals surface area contributed by atoms with Crippen molar-refractivity contribution in [2.75, 3.05) is 32.9 Å². The molecule has 8 heteroatoms. The van der Waals surface area contributed by atoms with Crippen molar-refractivity contribution in [2.45, 2.75) is 44.9 Å². The Morgan fingerprint density at radius 2 is 2.12 bits per heavy atom. The third-order valence-corrected chi connectivity index (χ3v) is 6.83. The summed E-state index contributed by atoms with van der Waals surface area (Å²) in [6.45, 7) is 3.34. The molecule has 2 aliphatic rings. The molecule has 1 aromatic heterocycles. The molecule has 1 aliphatic heterocycles. The van der Waals surface area contributed by atoms with Crippen LogP contribution in [-0.4, -0.2) is 65.4 Å². The second-order valence-corrected chi connectivity index (χ2v) is 9.45. The minimum absolute atomic E-state index is 0.182. The number of aromatic nitrogens is 2. The molecule has 0 aromatic carbocycles. The molecule has 1 fully saturated rings. The first-order valence-electron chi connectivity index (χ1n) is 8.74. The molecule has 1 N–H and O–H groups in total. The summed E-state index contributed by atoms with van der Waals surface area (Å²) in [5, 5.41) is 14.9. The molecule has 2 heterocycles. The highest BCUT2D eigenvalue weighted by atomic mass is 32.2. The molecule has 0 radical (unpaired) electrons. The summed E-state index contributed by atoms with van der Waals surface area (Å²) >= 11 is 0. The highest BCUT2D eigenvalue weighted by Crippen LogP contribution is 2.40. The summed E-state index contributed by atoms with van der Waals surface area (Å²) in [5.41, 5.74) is 1.92. The second-order valence-electron chi connectivity index (χ2n) is 7.15. The van der Waals surface area contributed by atoms with Crippen molar-refractivity contribution in [1.29, 1.82) is 0 Å². The normalized spacial score (nSPS) is 20.8. The van der Waals surface area contributed by atoms with Gasteiger partial charge in [0.05, 0.1) is 17.1 Å². The topological polar surface area (TPSA) is 78.7 Å². The van der Waals surface area contributed by atoms with E-state index in [2.05, 4.69) is 10.00 Å². The standard InChI is InChI=1S/C16H28N4O3S/c1-18(2)24(22,23)10-4-8-19-7-3-9-20-14(12-19)11-15(17-20)16(21)13-5-6-13/h11,13,16,21H,3-10,12H2,1-2H3. The molecule has 3 rings (SSSR count). The van der Waals surface area contributed by atoms with Gasteiger partial charge in [-0.2, -0.15) is 5.10 Å². The van der Waals surface area contributed by atoms with Crippen LogP contribution in [-0.2, 0) is 23.1 Å². The van der Waals surface area contributed by atoms with Crippen LogP contribution >= 0.6 is 0 Å². The molecule has 0 saturated heterocycles. The Balaban J connectivity index is 1.58. The minimum atomic E-state index is -3.12. The zero-order valence-electron chi connectivity index (χ0n) is 14.6. The monoisotopic (exact) mass is 356 g/mol. The summed E-state index contributed by atoms with van der Waals surface area (Å²) in [6, 6.07) is 2.03. The van der Waals surface area contributed by atoms with Crippen molar-refractivity contribution < 1.29 is 13.5 Å². The number of sulfonamides is 1. The van der Waals surface area contributed by atoms with Gasteiger partial charge in [0.2, 0.25) is 10.0 Å². The summed E-state index contributed by atoms with van der Waals surface area (Å²) in [4.78, 5) is 2.29. The smallest absolute Gasteiger partial charge is 0.213 e. The van der Waals surface area contributed by atoms with Gasteiger partial charge in [-0.15, -0.1) is 0 Å². The fourth-order valence-electron chi connectivity index (χ4n) is 3.19. The molecule has 1 atom stereocenters. The number of fused-ring (bicyclic) bond motifs is 1. The van der Waals surface area contributed by atoms with E-state index in [-0.39, 0.29) is 5.75 Å². The van der Waals surface area contributed by atoms with E-state index in [1.54, 1.807) is 14.1 Å². The predicted octanol–water partition coefficient (Wildman–Crippen LogP) is 0.814. The molecular formula is C16H28N4O3S. The van der Waals surface area contributed by atoms with Gasteiger partial charge >= 0.3 is 0 Å². The van der Waals surface area contributed by atoms with Crippen LogP contribution in [0, 0.1) is 5.92 Å². The highest BCUT2D eigenvalue weighted by Gasteiger charge is 2.33. The number of rotatable bonds is 7. The lowest BCUT2D eigenvalue weighted by Crippen LogP contribution is -2.29. The second kappa shape index (κ2) is 7.11. The van der Waals surface area contributed by atoms with Gasteiger partial charge < -0.3 is 5.11 Å². The number of hydrogen-bond donors (Lipinski definition) is 1. The summed E-state index contributed by atoms with van der Waals surface area (Å²) in [6.07, 6.45) is 3.38. The number of aliphatic hydroxyl groups is 1. The van der Waals surface area contributed by atoms with E-state index in [1.807, 2.05) is 10.7 Å². The fraction of sp³-hybridized carbons (Fsp3) is 0.812. The van der Waals surface area contributed by atoms with E-state index in [0.29, 0.717) is 12.3 Å². The van der Waals surface area contributed by atoms with Crippen LogP contribution in [0.25, 0.3) is 0 Å². The van der Waals surface area contributed by atoms with Crippen LogP contribution in [0.5, 0.6) is 0 Å². The number of nitrogens with zero attached hydrogens (tertiary/aromatic N) is 4. The Labute approximate surface area is 144 Å². The molecule has 1 unspecified atom stereocenters. The van der Waals surface area contributed by atoms with Crippen LogP contribution in [0.3, 0.4) is 0 Å². The molecule has 1 saturated carbocycles. The molecule has 0 bridgehead atoms. The molecular weight excluding hydrogens is 328 g/mol. The van der Waals surface area contributed by atoms with Crippen LogP contribution < -0.4 is 0 Å². The lowest BCUT2D eigenvalue weighted by atomic mass is 10.1. The van der Waals surface area contributed by atoms with Crippen molar-refractivity contribution in [3.8, 4) is 0 Å². The van der Waals surface area contributed by atoms with E-state index in [9.17, 15) is 13.5 Å². The largest absolute Gasteiger partial charge is 0.386 e. The third kappa shape index (κ3) is 4.17. The van der Waals surface area contributed by atoms with Gasteiger partial charge in [0.25, 0.3) is 0 Å². The molecule has 0 amide bonds. The molecule has 1 aliphatic carbocycles. The van der Waals surface area contributed by atoms with Crippen molar-refractivity contribution >= 4 is 10.0 Å². The van der Waals surface area contributed by atoms with Crippen LogP contribution in [0.4, 0.5) is 0 Å². The van der Waals surface area contributed by atoms with E-state index in [1.165, 1.54) is 4.31 Å². The highest BCUT2D eigenvalue weighted by molar-refractivity contribution is 7.89. The van der Waals surface area contributed by atoms with Crippen LogP contribution in [0.1, 0.15) is 43.2 Å². The van der Waals surface area contributed by atoms with Gasteiger partial charge in [-0.25, -0.2) is 12.7 Å². The lowest BCUT2D eigenvalue weighted by Gasteiger charge is -2.20. The SMILES string of the molecule is CN(C)S(=O)(=O)CCCN1CCCn2nc(C(O)C3CC3)cc2C1. The summed E-state index contributed by atoms with van der Waals surface area (Å²) in [7, 11) is 0.0295. The first-order chi connectivity index (χ1) is 11.4. The predicted molar refractivity (Wildman–Crippen MR) is 91.9 cm³/mol. The van der Waals surface area contributed by atoms with Crippen molar-refractivity contribution in [3.63, 3.8) is 0 Å². The Morgan fingerprint density at radius 3 is 2.79 bits per heavy atom. The van der Waals surface area contributed by atoms with E-state index in [0.717, 1.165) is 56.8 Å². The number of aliphatic hydroxyl groups excluding tert-OH is 1. The Hall–Kier alpha value is -0.960. The zero-order chi connectivity index (χ0) is 17.3. The maximum absolute atomic E-state index is 11.9. The molecule has 7 nitrogen and oxygen atoms in total. The first kappa shape index (κ1) is 17.8. The van der Waals surface area contributed by atoms with Gasteiger partial charge in [0.15, 0.2) is 0 Å². The van der Waals surface area contributed by atoms with E-state index in [4.69, 9.17) is 0 Å². The van der Waals surface area contributed by atoms with Crippen LogP contribution in [0.15, 0.2) is 6.07 Å². The van der Waals surface area contributed by atoms with E-state index < -0.39 is 16.1 Å². The van der Waals surface area contributed by atoms with Crippen LogP contribution in [0.2, 0.25) is 0 Å². The molecule has 0 spiro atoms. The Kier molecular flexibility index (Phi) is 5.29. The number of aryl methyl sites for hydroxylation is 1. The van der Waals surface area contributed by atoms with Crippen molar-refractivity contribution in [3.05, 3.63) is 17.5 Å².